The Balaban J connectivity index is 2.38. The van der Waals surface area contributed by atoms with Crippen LogP contribution in [0.25, 0.3) is 0 Å². The number of ether oxygens (including phenoxy) is 4. The molecule has 1 amide bonds. The Morgan fingerprint density at radius 1 is 0.889 bits per heavy atom. The molecule has 3 N–H and O–H groups in total. The molecule has 0 aliphatic carbocycles. The average Bonchev–Trinajstić information content (AvgIpc) is 2.82. The van der Waals surface area contributed by atoms with Gasteiger partial charge in [0, 0.05) is 36.2 Å². The minimum atomic E-state index is -0.778. The molecule has 1 aromatic rings. The van der Waals surface area contributed by atoms with Gasteiger partial charge in [0.25, 0.3) is 5.91 Å². The fourth-order valence-corrected chi connectivity index (χ4v) is 3.89. The Hall–Kier alpha value is -3.24. The van der Waals surface area contributed by atoms with Gasteiger partial charge in [-0.15, -0.1) is 0 Å². The van der Waals surface area contributed by atoms with Crippen LogP contribution in [0.1, 0.15) is 52.0 Å². The van der Waals surface area contributed by atoms with Crippen LogP contribution in [0.4, 0.5) is 0 Å². The number of allylic oxidation sites excluding steroid dienone is 2. The van der Waals surface area contributed by atoms with Gasteiger partial charge in [0.05, 0.1) is 30.3 Å². The van der Waals surface area contributed by atoms with E-state index >= 15 is 0 Å². The lowest BCUT2D eigenvalue weighted by atomic mass is 9.81. The first kappa shape index (κ1) is 29.0. The van der Waals surface area contributed by atoms with Crippen molar-refractivity contribution in [1.82, 2.24) is 5.32 Å². The topological polar surface area (TPSA) is 130 Å². The van der Waals surface area contributed by atoms with E-state index in [-0.39, 0.29) is 44.1 Å². The van der Waals surface area contributed by atoms with E-state index in [4.69, 9.17) is 24.7 Å². The zero-order valence-electron chi connectivity index (χ0n) is 21.6. The fraction of sp³-hybridized carbons (Fsp3) is 0.538. The van der Waals surface area contributed by atoms with Crippen molar-refractivity contribution in [2.24, 2.45) is 5.73 Å². The lowest BCUT2D eigenvalue weighted by molar-refractivity contribution is -0.684. The van der Waals surface area contributed by atoms with Crippen LogP contribution in [0, 0.1) is 0 Å². The highest BCUT2D eigenvalue weighted by atomic mass is 16.6. The normalized spacial score (nSPS) is 14.0. The van der Waals surface area contributed by atoms with E-state index in [0.717, 1.165) is 12.8 Å². The molecule has 10 nitrogen and oxygen atoms in total. The Bertz CT molecular complexity index is 940. The number of nitrogens with two attached hydrogens (primary N) is 1. The van der Waals surface area contributed by atoms with E-state index < -0.39 is 23.8 Å². The number of dihydropyridines is 1. The van der Waals surface area contributed by atoms with Crippen molar-refractivity contribution in [3.8, 4) is 0 Å². The van der Waals surface area contributed by atoms with E-state index in [2.05, 4.69) is 5.32 Å². The first-order valence-electron chi connectivity index (χ1n) is 12.3. The van der Waals surface area contributed by atoms with Crippen LogP contribution in [-0.2, 0) is 39.9 Å². The van der Waals surface area contributed by atoms with Crippen molar-refractivity contribution < 1.29 is 37.9 Å². The number of nitrogens with zero attached hydrogens (tertiary/aromatic N) is 1. The Labute approximate surface area is 212 Å². The molecule has 0 atom stereocenters. The highest BCUT2D eigenvalue weighted by Crippen LogP contribution is 2.38. The van der Waals surface area contributed by atoms with Gasteiger partial charge in [-0.3, -0.25) is 4.79 Å². The molecule has 0 aromatic carbocycles. The lowest BCUT2D eigenvalue weighted by Crippen LogP contribution is -2.41. The molecule has 0 saturated heterocycles. The smallest absolute Gasteiger partial charge is 0.336 e. The largest absolute Gasteiger partial charge is 0.460 e. The summed E-state index contributed by atoms with van der Waals surface area (Å²) in [6.07, 6.45) is 5.11. The summed E-state index contributed by atoms with van der Waals surface area (Å²) in [4.78, 5) is 38.0. The van der Waals surface area contributed by atoms with Crippen LogP contribution in [-0.4, -0.2) is 57.5 Å². The second kappa shape index (κ2) is 15.0. The van der Waals surface area contributed by atoms with Crippen LogP contribution in [0.3, 0.4) is 0 Å². The molecule has 1 aromatic heterocycles. The van der Waals surface area contributed by atoms with Gasteiger partial charge in [0.15, 0.2) is 12.4 Å². The Morgan fingerprint density at radius 2 is 1.42 bits per heavy atom. The summed E-state index contributed by atoms with van der Waals surface area (Å²) in [5.74, 6) is -2.43. The van der Waals surface area contributed by atoms with Gasteiger partial charge in [-0.1, -0.05) is 13.8 Å². The number of pyridine rings is 1. The van der Waals surface area contributed by atoms with Crippen molar-refractivity contribution >= 4 is 17.8 Å². The van der Waals surface area contributed by atoms with Crippen molar-refractivity contribution in [2.75, 3.05) is 39.6 Å². The minimum Gasteiger partial charge on any atom is -0.460 e. The molecule has 0 saturated carbocycles. The number of carbonyl (C=O) groups excluding carboxylic acids is 3. The van der Waals surface area contributed by atoms with Crippen molar-refractivity contribution in [1.29, 1.82) is 0 Å². The molecule has 2 rings (SSSR count). The van der Waals surface area contributed by atoms with Crippen LogP contribution in [0.2, 0.25) is 0 Å². The third kappa shape index (κ3) is 8.46. The molecular weight excluding hydrogens is 466 g/mol. The molecular formula is C26H38N3O7+. The molecule has 2 heterocycles. The zero-order valence-corrected chi connectivity index (χ0v) is 21.6. The van der Waals surface area contributed by atoms with Gasteiger partial charge in [-0.05, 0) is 32.8 Å². The van der Waals surface area contributed by atoms with Gasteiger partial charge in [0.1, 0.15) is 13.2 Å². The van der Waals surface area contributed by atoms with Crippen molar-refractivity contribution in [3.05, 3.63) is 52.6 Å². The van der Waals surface area contributed by atoms with Gasteiger partial charge < -0.3 is 30.0 Å². The van der Waals surface area contributed by atoms with Crippen LogP contribution in [0.15, 0.2) is 47.1 Å². The summed E-state index contributed by atoms with van der Waals surface area (Å²) in [6.45, 7) is 9.30. The molecule has 0 radical (unpaired) electrons. The number of esters is 2. The monoisotopic (exact) mass is 504 g/mol. The summed E-state index contributed by atoms with van der Waals surface area (Å²) < 4.78 is 23.4. The third-order valence-electron chi connectivity index (χ3n) is 5.37. The minimum absolute atomic E-state index is 0.0483. The summed E-state index contributed by atoms with van der Waals surface area (Å²) >= 11 is 0. The molecule has 0 unspecified atom stereocenters. The van der Waals surface area contributed by atoms with E-state index in [1.807, 2.05) is 13.8 Å². The number of nitrogens with one attached hydrogen (secondary N) is 1. The predicted octanol–water partition coefficient (Wildman–Crippen LogP) is 1.63. The summed E-state index contributed by atoms with van der Waals surface area (Å²) in [6, 6.07) is 3.51. The summed E-state index contributed by atoms with van der Waals surface area (Å²) in [7, 11) is 0. The number of amides is 1. The molecule has 0 spiro atoms. The van der Waals surface area contributed by atoms with Crippen molar-refractivity contribution in [2.45, 2.75) is 53.0 Å². The number of carbonyl (C=O) groups is 3. The zero-order chi connectivity index (χ0) is 26.5. The first-order chi connectivity index (χ1) is 17.3. The quantitative estimate of drug-likeness (QED) is 0.209. The molecule has 36 heavy (non-hydrogen) atoms. The van der Waals surface area contributed by atoms with E-state index in [1.54, 1.807) is 42.9 Å². The standard InChI is InChI=1S/C26H37N3O7/c1-5-10-33-12-14-35-25(31)22-18(3)28-19(4)23(26(32)36-15-13-34-11-6-2)24(22)20-8-7-9-29(16-20)17-21(27)30/h7-9,16,24H,5-6,10-15,17H2,1-4H3,(H2-,27,28,30,31,32)/p+1. The van der Waals surface area contributed by atoms with E-state index in [9.17, 15) is 14.4 Å². The van der Waals surface area contributed by atoms with Crippen LogP contribution < -0.4 is 15.6 Å². The highest BCUT2D eigenvalue weighted by molar-refractivity contribution is 5.99. The molecule has 198 valence electrons. The van der Waals surface area contributed by atoms with Crippen molar-refractivity contribution in [3.63, 3.8) is 0 Å². The Morgan fingerprint density at radius 3 is 1.89 bits per heavy atom. The maximum atomic E-state index is 13.2. The first-order valence-corrected chi connectivity index (χ1v) is 12.3. The van der Waals surface area contributed by atoms with Crippen LogP contribution in [0.5, 0.6) is 0 Å². The molecule has 0 bridgehead atoms. The number of primary amides is 1. The maximum absolute atomic E-state index is 13.2. The van der Waals surface area contributed by atoms with Gasteiger partial charge >= 0.3 is 11.9 Å². The number of aromatic nitrogens is 1. The second-order valence-corrected chi connectivity index (χ2v) is 8.41. The Kier molecular flexibility index (Phi) is 12.1. The summed E-state index contributed by atoms with van der Waals surface area (Å²) in [5, 5.41) is 3.12. The number of hydrogen-bond donors (Lipinski definition) is 2. The SMILES string of the molecule is CCCOCCOC(=O)C1=C(C)NC(C)=C(C(=O)OCCOCCC)C1c1ccc[n+](CC(N)=O)c1. The van der Waals surface area contributed by atoms with Gasteiger partial charge in [-0.2, -0.15) is 4.57 Å². The maximum Gasteiger partial charge on any atom is 0.336 e. The lowest BCUT2D eigenvalue weighted by Gasteiger charge is -2.30. The predicted molar refractivity (Wildman–Crippen MR) is 131 cm³/mol. The second-order valence-electron chi connectivity index (χ2n) is 8.41. The number of rotatable bonds is 15. The molecule has 1 aliphatic rings. The molecule has 1 aliphatic heterocycles. The fourth-order valence-electron chi connectivity index (χ4n) is 3.89. The van der Waals surface area contributed by atoms with E-state index in [1.165, 1.54) is 0 Å². The van der Waals surface area contributed by atoms with Gasteiger partial charge in [-0.25, -0.2) is 9.59 Å². The third-order valence-corrected chi connectivity index (χ3v) is 5.37. The van der Waals surface area contributed by atoms with E-state index in [0.29, 0.717) is 30.2 Å². The number of hydrogen-bond acceptors (Lipinski definition) is 8. The van der Waals surface area contributed by atoms with Gasteiger partial charge in [0.2, 0.25) is 6.54 Å². The highest BCUT2D eigenvalue weighted by Gasteiger charge is 2.39. The molecule has 0 fully saturated rings. The average molecular weight is 505 g/mol. The summed E-state index contributed by atoms with van der Waals surface area (Å²) in [5.41, 5.74) is 7.66. The molecule has 10 heteroatoms. The van der Waals surface area contributed by atoms with Crippen LogP contribution >= 0.6 is 0 Å².